The van der Waals surface area contributed by atoms with Gasteiger partial charge in [-0.25, -0.2) is 9.97 Å². The highest BCUT2D eigenvalue weighted by Crippen LogP contribution is 2.19. The molecule has 3 rings (SSSR count). The van der Waals surface area contributed by atoms with Gasteiger partial charge in [0.15, 0.2) is 5.82 Å². The molecule has 0 atom stereocenters. The summed E-state index contributed by atoms with van der Waals surface area (Å²) in [5.74, 6) is 1.21. The molecule has 3 aromatic rings. The summed E-state index contributed by atoms with van der Waals surface area (Å²) in [6.07, 6.45) is 1.71. The van der Waals surface area contributed by atoms with Crippen LogP contribution in [0.1, 0.15) is 4.88 Å². The lowest BCUT2D eigenvalue weighted by atomic mass is 10.3. The quantitative estimate of drug-likeness (QED) is 0.743. The lowest BCUT2D eigenvalue weighted by Crippen LogP contribution is -2.02. The van der Waals surface area contributed by atoms with Gasteiger partial charge in [-0.3, -0.25) is 4.98 Å². The molecule has 1 N–H and O–H groups in total. The number of pyridine rings is 1. The topological polar surface area (TPSA) is 50.7 Å². The summed E-state index contributed by atoms with van der Waals surface area (Å²) >= 11 is 7.74. The third-order valence-electron chi connectivity index (χ3n) is 2.61. The Morgan fingerprint density at radius 1 is 1.15 bits per heavy atom. The van der Waals surface area contributed by atoms with Gasteiger partial charge in [0, 0.05) is 17.1 Å². The highest BCUT2D eigenvalue weighted by Gasteiger charge is 2.06. The molecule has 0 unspecified atom stereocenters. The van der Waals surface area contributed by atoms with Crippen molar-refractivity contribution in [1.29, 1.82) is 0 Å². The molecule has 3 aromatic heterocycles. The molecule has 0 spiro atoms. The molecule has 4 nitrogen and oxygen atoms in total. The number of anilines is 1. The summed E-state index contributed by atoms with van der Waals surface area (Å²) < 4.78 is 0. The Bertz CT molecular complexity index is 686. The van der Waals surface area contributed by atoms with Crippen molar-refractivity contribution in [3.8, 4) is 11.5 Å². The van der Waals surface area contributed by atoms with Crippen molar-refractivity contribution >= 4 is 28.8 Å². The second-order valence-electron chi connectivity index (χ2n) is 4.05. The first kappa shape index (κ1) is 13.0. The van der Waals surface area contributed by atoms with E-state index in [9.17, 15) is 0 Å². The summed E-state index contributed by atoms with van der Waals surface area (Å²) in [7, 11) is 0. The number of hydrogen-bond donors (Lipinski definition) is 1. The van der Waals surface area contributed by atoms with Crippen LogP contribution >= 0.6 is 22.9 Å². The van der Waals surface area contributed by atoms with Gasteiger partial charge in [0.1, 0.15) is 16.7 Å². The third-order valence-corrected chi connectivity index (χ3v) is 3.68. The molecule has 6 heteroatoms. The third kappa shape index (κ3) is 3.12. The summed E-state index contributed by atoms with van der Waals surface area (Å²) in [5, 5.41) is 5.69. The maximum absolute atomic E-state index is 6.04. The molecule has 0 amide bonds. The molecule has 0 bridgehead atoms. The van der Waals surface area contributed by atoms with Crippen LogP contribution in [0, 0.1) is 0 Å². The van der Waals surface area contributed by atoms with Gasteiger partial charge in [-0.15, -0.1) is 11.3 Å². The fourth-order valence-electron chi connectivity index (χ4n) is 1.71. The van der Waals surface area contributed by atoms with Crippen molar-refractivity contribution in [2.45, 2.75) is 6.54 Å². The summed E-state index contributed by atoms with van der Waals surface area (Å²) in [4.78, 5) is 14.1. The number of aromatic nitrogens is 3. The zero-order chi connectivity index (χ0) is 13.8. The first-order valence-electron chi connectivity index (χ1n) is 6.03. The molecule has 0 saturated heterocycles. The molecule has 0 aromatic carbocycles. The maximum Gasteiger partial charge on any atom is 0.181 e. The molecule has 100 valence electrons. The van der Waals surface area contributed by atoms with Crippen molar-refractivity contribution in [3.05, 3.63) is 58.0 Å². The molecule has 0 aliphatic heterocycles. The molecular weight excluding hydrogens is 292 g/mol. The zero-order valence-corrected chi connectivity index (χ0v) is 12.0. The largest absolute Gasteiger partial charge is 0.365 e. The van der Waals surface area contributed by atoms with Crippen LogP contribution in [-0.4, -0.2) is 15.0 Å². The first-order valence-corrected chi connectivity index (χ1v) is 7.29. The minimum absolute atomic E-state index is 0.398. The van der Waals surface area contributed by atoms with E-state index in [1.807, 2.05) is 29.6 Å². The number of hydrogen-bond acceptors (Lipinski definition) is 5. The fraction of sp³-hybridized carbons (Fsp3) is 0.0714. The lowest BCUT2D eigenvalue weighted by Gasteiger charge is -2.06. The van der Waals surface area contributed by atoms with Crippen LogP contribution < -0.4 is 5.32 Å². The Labute approximate surface area is 125 Å². The minimum atomic E-state index is 0.398. The van der Waals surface area contributed by atoms with E-state index >= 15 is 0 Å². The van der Waals surface area contributed by atoms with E-state index in [0.29, 0.717) is 29.0 Å². The normalized spacial score (nSPS) is 10.4. The van der Waals surface area contributed by atoms with Gasteiger partial charge in [-0.1, -0.05) is 23.7 Å². The summed E-state index contributed by atoms with van der Waals surface area (Å²) in [6, 6.07) is 11.4. The van der Waals surface area contributed by atoms with Crippen molar-refractivity contribution in [2.75, 3.05) is 5.32 Å². The Morgan fingerprint density at radius 3 is 2.85 bits per heavy atom. The van der Waals surface area contributed by atoms with Gasteiger partial charge < -0.3 is 5.32 Å². The van der Waals surface area contributed by atoms with Crippen LogP contribution in [0.15, 0.2) is 48.0 Å². The predicted molar refractivity (Wildman–Crippen MR) is 81.9 cm³/mol. The van der Waals surface area contributed by atoms with Crippen molar-refractivity contribution in [1.82, 2.24) is 15.0 Å². The number of nitrogens with one attached hydrogen (secondary N) is 1. The van der Waals surface area contributed by atoms with Crippen molar-refractivity contribution in [3.63, 3.8) is 0 Å². The first-order chi connectivity index (χ1) is 9.81. The Hall–Kier alpha value is -1.98. The Kier molecular flexibility index (Phi) is 3.90. The van der Waals surface area contributed by atoms with Gasteiger partial charge in [0.2, 0.25) is 0 Å². The van der Waals surface area contributed by atoms with E-state index in [1.165, 1.54) is 4.88 Å². The zero-order valence-electron chi connectivity index (χ0n) is 10.5. The van der Waals surface area contributed by atoms with Crippen LogP contribution in [0.25, 0.3) is 11.5 Å². The van der Waals surface area contributed by atoms with Crippen LogP contribution in [0.5, 0.6) is 0 Å². The second-order valence-corrected chi connectivity index (χ2v) is 5.47. The molecule has 0 saturated carbocycles. The second kappa shape index (κ2) is 5.98. The SMILES string of the molecule is Clc1cc(NCc2cccs2)nc(-c2ccccn2)n1. The number of rotatable bonds is 4. The van der Waals surface area contributed by atoms with Gasteiger partial charge in [0.05, 0.1) is 6.54 Å². The van der Waals surface area contributed by atoms with Crippen LogP contribution in [-0.2, 0) is 6.54 Å². The molecule has 0 aliphatic carbocycles. The van der Waals surface area contributed by atoms with Crippen molar-refractivity contribution < 1.29 is 0 Å². The van der Waals surface area contributed by atoms with E-state index in [1.54, 1.807) is 23.6 Å². The lowest BCUT2D eigenvalue weighted by molar-refractivity contribution is 1.09. The summed E-state index contributed by atoms with van der Waals surface area (Å²) in [6.45, 7) is 0.715. The van der Waals surface area contributed by atoms with Gasteiger partial charge in [-0.05, 0) is 23.6 Å². The standard InChI is InChI=1S/C14H11ClN4S/c15-12-8-13(17-9-10-4-3-7-20-10)19-14(18-12)11-5-1-2-6-16-11/h1-8H,9H2,(H,17,18,19). The van der Waals surface area contributed by atoms with E-state index in [4.69, 9.17) is 11.6 Å². The van der Waals surface area contributed by atoms with E-state index in [0.717, 1.165) is 0 Å². The smallest absolute Gasteiger partial charge is 0.181 e. The van der Waals surface area contributed by atoms with E-state index in [2.05, 4.69) is 26.3 Å². The Balaban J connectivity index is 1.83. The monoisotopic (exact) mass is 302 g/mol. The highest BCUT2D eigenvalue weighted by molar-refractivity contribution is 7.09. The fourth-order valence-corrected chi connectivity index (χ4v) is 2.54. The number of nitrogens with zero attached hydrogens (tertiary/aromatic N) is 3. The highest BCUT2D eigenvalue weighted by atomic mass is 35.5. The molecule has 20 heavy (non-hydrogen) atoms. The molecule has 3 heterocycles. The van der Waals surface area contributed by atoms with Crippen LogP contribution in [0.3, 0.4) is 0 Å². The van der Waals surface area contributed by atoms with Gasteiger partial charge in [-0.2, -0.15) is 0 Å². The average Bonchev–Trinajstić information content (AvgIpc) is 2.99. The van der Waals surface area contributed by atoms with Gasteiger partial charge >= 0.3 is 0 Å². The molecule has 0 radical (unpaired) electrons. The summed E-state index contributed by atoms with van der Waals surface area (Å²) in [5.41, 5.74) is 0.703. The van der Waals surface area contributed by atoms with Crippen LogP contribution in [0.4, 0.5) is 5.82 Å². The van der Waals surface area contributed by atoms with Crippen LogP contribution in [0.2, 0.25) is 5.15 Å². The molecular formula is C14H11ClN4S. The van der Waals surface area contributed by atoms with E-state index in [-0.39, 0.29) is 0 Å². The molecule has 0 fully saturated rings. The Morgan fingerprint density at radius 2 is 2.10 bits per heavy atom. The maximum atomic E-state index is 6.04. The van der Waals surface area contributed by atoms with E-state index < -0.39 is 0 Å². The number of thiophene rings is 1. The molecule has 0 aliphatic rings. The van der Waals surface area contributed by atoms with Gasteiger partial charge in [0.25, 0.3) is 0 Å². The predicted octanol–water partition coefficient (Wildman–Crippen LogP) is 3.87. The van der Waals surface area contributed by atoms with Crippen molar-refractivity contribution in [2.24, 2.45) is 0 Å². The average molecular weight is 303 g/mol. The number of halogens is 1. The minimum Gasteiger partial charge on any atom is -0.365 e.